The molecule has 0 N–H and O–H groups in total. The van der Waals surface area contributed by atoms with Crippen LogP contribution in [0.2, 0.25) is 0 Å². The van der Waals surface area contributed by atoms with Crippen molar-refractivity contribution in [2.45, 2.75) is 22.7 Å². The number of hydrogen-bond acceptors (Lipinski definition) is 8. The van der Waals surface area contributed by atoms with Crippen LogP contribution in [0.5, 0.6) is 5.75 Å². The number of likely N-dealkylation sites (tertiary alicyclic amines) is 1. The first-order valence-corrected chi connectivity index (χ1v) is 12.7. The van der Waals surface area contributed by atoms with Crippen molar-refractivity contribution < 1.29 is 18.7 Å². The van der Waals surface area contributed by atoms with Gasteiger partial charge in [-0.25, -0.2) is 0 Å². The van der Waals surface area contributed by atoms with E-state index in [1.807, 2.05) is 48.3 Å². The van der Waals surface area contributed by atoms with Crippen molar-refractivity contribution in [3.8, 4) is 5.75 Å². The first-order chi connectivity index (χ1) is 17.4. The molecular weight excluding hydrogens is 496 g/mol. The van der Waals surface area contributed by atoms with Crippen LogP contribution in [0, 0.1) is 0 Å². The van der Waals surface area contributed by atoms with Gasteiger partial charge >= 0.3 is 0 Å². The number of aromatic nitrogens is 1. The molecule has 3 aromatic rings. The largest absolute Gasteiger partial charge is 0.497 e. The lowest BCUT2D eigenvalue weighted by Gasteiger charge is -2.42. The number of fused-ring (bicyclic) bond motifs is 3. The van der Waals surface area contributed by atoms with Gasteiger partial charge in [0.2, 0.25) is 5.91 Å². The van der Waals surface area contributed by atoms with E-state index in [9.17, 15) is 9.59 Å². The third kappa shape index (κ3) is 2.80. The Morgan fingerprint density at radius 2 is 2.03 bits per heavy atom. The molecule has 0 unspecified atom stereocenters. The maximum absolute atomic E-state index is 14.7. The van der Waals surface area contributed by atoms with Gasteiger partial charge in [0, 0.05) is 43.2 Å². The van der Waals surface area contributed by atoms with Gasteiger partial charge in [-0.3, -0.25) is 24.4 Å². The van der Waals surface area contributed by atoms with Gasteiger partial charge in [-0.15, -0.1) is 0 Å². The molecule has 0 aliphatic carbocycles. The number of thioether (sulfide) groups is 1. The van der Waals surface area contributed by atoms with E-state index < -0.39 is 10.3 Å². The monoisotopic (exact) mass is 520 g/mol. The van der Waals surface area contributed by atoms with Crippen LogP contribution in [0.15, 0.2) is 65.5 Å². The minimum atomic E-state index is -1.30. The maximum Gasteiger partial charge on any atom is 0.254 e. The van der Waals surface area contributed by atoms with Crippen molar-refractivity contribution in [1.82, 2.24) is 14.8 Å². The van der Waals surface area contributed by atoms with Crippen molar-refractivity contribution in [3.05, 3.63) is 78.0 Å². The normalized spacial score (nSPS) is 27.6. The fraction of sp³-hybridized carbons (Fsp3) is 0.308. The summed E-state index contributed by atoms with van der Waals surface area (Å²) in [4.78, 5) is 38.7. The molecular formula is C26H24N4O4S2. The van der Waals surface area contributed by atoms with E-state index in [0.717, 1.165) is 16.8 Å². The minimum Gasteiger partial charge on any atom is -0.497 e. The van der Waals surface area contributed by atoms with Crippen LogP contribution in [-0.4, -0.2) is 63.4 Å². The summed E-state index contributed by atoms with van der Waals surface area (Å²) < 4.78 is 10.3. The summed E-state index contributed by atoms with van der Waals surface area (Å²) in [6, 6.07) is 13.0. The Hall–Kier alpha value is -3.21. The summed E-state index contributed by atoms with van der Waals surface area (Å²) >= 11 is 7.13. The van der Waals surface area contributed by atoms with E-state index in [0.29, 0.717) is 22.4 Å². The number of benzene rings is 1. The zero-order chi connectivity index (χ0) is 25.2. The summed E-state index contributed by atoms with van der Waals surface area (Å²) in [7, 11) is 5.26. The van der Waals surface area contributed by atoms with Crippen LogP contribution in [0.4, 0.5) is 5.69 Å². The summed E-state index contributed by atoms with van der Waals surface area (Å²) in [5, 5.41) is 0. The molecule has 5 heterocycles. The molecule has 2 spiro atoms. The lowest BCUT2D eigenvalue weighted by molar-refractivity contribution is -0.139. The number of methoxy groups -OCH3 is 1. The molecule has 2 aromatic heterocycles. The molecule has 3 atom stereocenters. The molecule has 184 valence electrons. The number of thiocarbonyl (C=S) groups is 1. The molecule has 0 saturated carbocycles. The molecule has 3 aliphatic heterocycles. The van der Waals surface area contributed by atoms with Gasteiger partial charge in [0.25, 0.3) is 5.91 Å². The topological polar surface area (TPSA) is 79.1 Å². The van der Waals surface area contributed by atoms with E-state index in [-0.39, 0.29) is 24.3 Å². The molecule has 1 aromatic carbocycles. The molecule has 2 saturated heterocycles. The molecule has 0 radical (unpaired) electrons. The molecule has 2 fully saturated rings. The zero-order valence-electron chi connectivity index (χ0n) is 20.0. The highest BCUT2D eigenvalue weighted by Gasteiger charge is 2.78. The Morgan fingerprint density at radius 1 is 1.19 bits per heavy atom. The molecule has 2 amide bonds. The Bertz CT molecular complexity index is 1380. The number of nitrogens with zero attached hydrogens (tertiary/aromatic N) is 4. The number of likely N-dealkylation sites (N-methyl/N-ethyl adjacent to an activating group) is 2. The molecule has 8 nitrogen and oxygen atoms in total. The maximum atomic E-state index is 14.7. The van der Waals surface area contributed by atoms with Crippen LogP contribution in [0.25, 0.3) is 0 Å². The van der Waals surface area contributed by atoms with Gasteiger partial charge in [0.05, 0.1) is 19.9 Å². The first-order valence-electron chi connectivity index (χ1n) is 11.5. The van der Waals surface area contributed by atoms with Crippen molar-refractivity contribution in [3.63, 3.8) is 0 Å². The van der Waals surface area contributed by atoms with Crippen molar-refractivity contribution in [1.29, 1.82) is 0 Å². The summed E-state index contributed by atoms with van der Waals surface area (Å²) in [6.45, 7) is 0.672. The molecule has 36 heavy (non-hydrogen) atoms. The SMILES string of the molecule is COc1ccc2c(c1)[C@@]1(C(=O)N2C)N(C)C[C@@H](c2cccnc2)[C@@]12SC(=S)N(Cc1ccco1)C2=O. The number of ether oxygens (including phenoxy) is 1. The first kappa shape index (κ1) is 23.2. The van der Waals surface area contributed by atoms with Gasteiger partial charge in [-0.2, -0.15) is 0 Å². The fourth-order valence-corrected chi connectivity index (χ4v) is 8.21. The number of furan rings is 1. The summed E-state index contributed by atoms with van der Waals surface area (Å²) in [6.07, 6.45) is 5.06. The van der Waals surface area contributed by atoms with E-state index in [1.165, 1.54) is 11.8 Å². The summed E-state index contributed by atoms with van der Waals surface area (Å²) in [5.41, 5.74) is 1.08. The minimum absolute atomic E-state index is 0.164. The number of anilines is 1. The van der Waals surface area contributed by atoms with Crippen molar-refractivity contribution in [2.24, 2.45) is 0 Å². The number of pyridine rings is 1. The Balaban J connectivity index is 1.62. The second kappa shape index (κ2) is 8.16. The Morgan fingerprint density at radius 3 is 2.72 bits per heavy atom. The zero-order valence-corrected chi connectivity index (χ0v) is 21.6. The number of carbonyl (C=O) groups is 2. The van der Waals surface area contributed by atoms with Gasteiger partial charge in [0.15, 0.2) is 5.54 Å². The highest BCUT2D eigenvalue weighted by atomic mass is 32.2. The fourth-order valence-electron chi connectivity index (χ4n) is 6.08. The second-order valence-electron chi connectivity index (χ2n) is 9.25. The quantitative estimate of drug-likeness (QED) is 0.485. The molecule has 3 aliphatic rings. The average Bonchev–Trinajstić information content (AvgIpc) is 3.61. The van der Waals surface area contributed by atoms with Crippen LogP contribution < -0.4 is 9.64 Å². The van der Waals surface area contributed by atoms with Crippen LogP contribution >= 0.6 is 24.0 Å². The number of carbonyl (C=O) groups excluding carboxylic acids is 2. The van der Waals surface area contributed by atoms with Gasteiger partial charge < -0.3 is 14.1 Å². The third-order valence-corrected chi connectivity index (χ3v) is 9.58. The standard InChI is InChI=1S/C26H24N4O4S2/c1-28-15-20(16-6-4-10-27-13-16)26(23(32)30(24(35)36-26)14-18-7-5-11-34-18)25(28)19-12-17(33-3)8-9-21(19)29(2)22(25)31/h4-13,20H,14-15H2,1-3H3/t20-,25-,26-/m0/s1. The smallest absolute Gasteiger partial charge is 0.254 e. The molecule has 10 heteroatoms. The molecule has 0 bridgehead atoms. The number of hydrogen-bond donors (Lipinski definition) is 0. The second-order valence-corrected chi connectivity index (χ2v) is 11.1. The predicted octanol–water partition coefficient (Wildman–Crippen LogP) is 3.38. The van der Waals surface area contributed by atoms with Crippen molar-refractivity contribution in [2.75, 3.05) is 32.6 Å². The lowest BCUT2D eigenvalue weighted by atomic mass is 9.72. The highest BCUT2D eigenvalue weighted by Crippen LogP contribution is 2.66. The number of amides is 2. The Labute approximate surface area is 218 Å². The molecule has 6 rings (SSSR count). The van der Waals surface area contributed by atoms with Crippen molar-refractivity contribution >= 4 is 45.8 Å². The number of rotatable bonds is 4. The van der Waals surface area contributed by atoms with E-state index in [4.69, 9.17) is 21.4 Å². The van der Waals surface area contributed by atoms with Crippen LogP contribution in [-0.2, 0) is 21.7 Å². The van der Waals surface area contributed by atoms with Gasteiger partial charge in [-0.1, -0.05) is 30.0 Å². The van der Waals surface area contributed by atoms with Gasteiger partial charge in [-0.05, 0) is 49.0 Å². The van der Waals surface area contributed by atoms with Crippen LogP contribution in [0.3, 0.4) is 0 Å². The lowest BCUT2D eigenvalue weighted by Crippen LogP contribution is -2.62. The third-order valence-electron chi connectivity index (χ3n) is 7.64. The highest BCUT2D eigenvalue weighted by molar-refractivity contribution is 8.25. The van der Waals surface area contributed by atoms with E-state index >= 15 is 0 Å². The van der Waals surface area contributed by atoms with Gasteiger partial charge in [0.1, 0.15) is 20.6 Å². The van der Waals surface area contributed by atoms with E-state index in [2.05, 4.69) is 4.98 Å². The average molecular weight is 521 g/mol. The Kier molecular flexibility index (Phi) is 5.26. The summed E-state index contributed by atoms with van der Waals surface area (Å²) in [5.74, 6) is 0.532. The predicted molar refractivity (Wildman–Crippen MR) is 140 cm³/mol. The van der Waals surface area contributed by atoms with Crippen LogP contribution in [0.1, 0.15) is 22.8 Å². The van der Waals surface area contributed by atoms with E-state index in [1.54, 1.807) is 48.7 Å².